The molecule has 3 fully saturated rings. The molecule has 1 atom stereocenters. The fraction of sp³-hybridized carbons (Fsp3) is 0.600. The molecule has 3 aliphatic rings. The number of benzene rings is 1. The molecule has 0 radical (unpaired) electrons. The molecule has 1 aromatic carbocycles. The number of carbonyl (C=O) groups excluding carboxylic acids is 2. The highest BCUT2D eigenvalue weighted by atomic mass is 32.2. The SMILES string of the molecule is O=C1CCCN1C[C@H]1CCCN(S(=O)(=O)c2ccc(N3CCCC3=O)cc2)C1. The summed E-state index contributed by atoms with van der Waals surface area (Å²) in [5, 5.41) is 0. The summed E-state index contributed by atoms with van der Waals surface area (Å²) < 4.78 is 27.7. The number of nitrogens with zero attached hydrogens (tertiary/aromatic N) is 3. The monoisotopic (exact) mass is 405 g/mol. The first-order valence-corrected chi connectivity index (χ1v) is 11.6. The fourth-order valence-corrected chi connectivity index (χ4v) is 6.03. The first-order valence-electron chi connectivity index (χ1n) is 10.1. The van der Waals surface area contributed by atoms with Crippen LogP contribution in [0.2, 0.25) is 0 Å². The normalized spacial score (nSPS) is 24.4. The van der Waals surface area contributed by atoms with Gasteiger partial charge in [0, 0.05) is 51.3 Å². The van der Waals surface area contributed by atoms with Gasteiger partial charge in [-0.15, -0.1) is 0 Å². The Kier molecular flexibility index (Phi) is 5.42. The summed E-state index contributed by atoms with van der Waals surface area (Å²) in [6, 6.07) is 6.65. The van der Waals surface area contributed by atoms with Crippen LogP contribution >= 0.6 is 0 Å². The van der Waals surface area contributed by atoms with Gasteiger partial charge < -0.3 is 9.80 Å². The Labute approximate surface area is 166 Å². The molecule has 28 heavy (non-hydrogen) atoms. The van der Waals surface area contributed by atoms with E-state index in [0.29, 0.717) is 39.0 Å². The minimum absolute atomic E-state index is 0.0888. The molecule has 3 saturated heterocycles. The number of amides is 2. The molecular formula is C20H27N3O4S. The molecule has 0 N–H and O–H groups in total. The van der Waals surface area contributed by atoms with Gasteiger partial charge in [-0.2, -0.15) is 4.31 Å². The van der Waals surface area contributed by atoms with Crippen molar-refractivity contribution >= 4 is 27.5 Å². The highest BCUT2D eigenvalue weighted by Gasteiger charge is 2.33. The Morgan fingerprint density at radius 3 is 2.25 bits per heavy atom. The molecule has 3 heterocycles. The largest absolute Gasteiger partial charge is 0.342 e. The van der Waals surface area contributed by atoms with Crippen molar-refractivity contribution < 1.29 is 18.0 Å². The summed E-state index contributed by atoms with van der Waals surface area (Å²) in [5.41, 5.74) is 0.755. The predicted octanol–water partition coefficient (Wildman–Crippen LogP) is 1.84. The van der Waals surface area contributed by atoms with Gasteiger partial charge >= 0.3 is 0 Å². The Morgan fingerprint density at radius 2 is 1.61 bits per heavy atom. The van der Waals surface area contributed by atoms with E-state index in [1.807, 2.05) is 4.90 Å². The maximum atomic E-state index is 13.1. The van der Waals surface area contributed by atoms with Gasteiger partial charge in [-0.05, 0) is 55.9 Å². The van der Waals surface area contributed by atoms with E-state index in [0.717, 1.165) is 37.9 Å². The number of piperidine rings is 1. The fourth-order valence-electron chi connectivity index (χ4n) is 4.47. The smallest absolute Gasteiger partial charge is 0.243 e. The molecule has 0 saturated carbocycles. The van der Waals surface area contributed by atoms with Crippen LogP contribution in [0.25, 0.3) is 0 Å². The van der Waals surface area contributed by atoms with Crippen LogP contribution in [0.3, 0.4) is 0 Å². The average molecular weight is 406 g/mol. The predicted molar refractivity (Wildman–Crippen MR) is 105 cm³/mol. The van der Waals surface area contributed by atoms with Gasteiger partial charge in [0.2, 0.25) is 21.8 Å². The van der Waals surface area contributed by atoms with E-state index in [1.165, 1.54) is 0 Å². The molecule has 3 aliphatic heterocycles. The minimum Gasteiger partial charge on any atom is -0.342 e. The van der Waals surface area contributed by atoms with E-state index in [4.69, 9.17) is 0 Å². The Hall–Kier alpha value is -1.93. The lowest BCUT2D eigenvalue weighted by atomic mass is 9.99. The number of sulfonamides is 1. The average Bonchev–Trinajstić information content (AvgIpc) is 3.30. The van der Waals surface area contributed by atoms with Crippen molar-refractivity contribution in [1.82, 2.24) is 9.21 Å². The lowest BCUT2D eigenvalue weighted by molar-refractivity contribution is -0.128. The molecule has 0 bridgehead atoms. The third-order valence-electron chi connectivity index (χ3n) is 5.99. The number of hydrogen-bond acceptors (Lipinski definition) is 4. The quantitative estimate of drug-likeness (QED) is 0.749. The Morgan fingerprint density at radius 1 is 0.893 bits per heavy atom. The molecule has 7 nitrogen and oxygen atoms in total. The van der Waals surface area contributed by atoms with E-state index in [-0.39, 0.29) is 22.6 Å². The summed E-state index contributed by atoms with van der Waals surface area (Å²) in [4.78, 5) is 27.6. The van der Waals surface area contributed by atoms with Crippen LogP contribution in [-0.4, -0.2) is 62.2 Å². The van der Waals surface area contributed by atoms with Gasteiger partial charge in [-0.3, -0.25) is 9.59 Å². The maximum Gasteiger partial charge on any atom is 0.243 e. The van der Waals surface area contributed by atoms with Gasteiger partial charge in [0.15, 0.2) is 0 Å². The number of likely N-dealkylation sites (tertiary alicyclic amines) is 1. The highest BCUT2D eigenvalue weighted by molar-refractivity contribution is 7.89. The van der Waals surface area contributed by atoms with Crippen LogP contribution in [0.1, 0.15) is 38.5 Å². The summed E-state index contributed by atoms with van der Waals surface area (Å²) in [6.45, 7) is 3.10. The van der Waals surface area contributed by atoms with Crippen LogP contribution in [0.5, 0.6) is 0 Å². The van der Waals surface area contributed by atoms with Crippen molar-refractivity contribution in [2.75, 3.05) is 37.6 Å². The third kappa shape index (κ3) is 3.80. The van der Waals surface area contributed by atoms with Crippen molar-refractivity contribution in [3.63, 3.8) is 0 Å². The van der Waals surface area contributed by atoms with Gasteiger partial charge in [-0.25, -0.2) is 8.42 Å². The van der Waals surface area contributed by atoms with Crippen LogP contribution in [0.15, 0.2) is 29.2 Å². The van der Waals surface area contributed by atoms with Crippen molar-refractivity contribution in [3.05, 3.63) is 24.3 Å². The second-order valence-electron chi connectivity index (χ2n) is 7.96. The van der Waals surface area contributed by atoms with Crippen molar-refractivity contribution in [2.45, 2.75) is 43.4 Å². The van der Waals surface area contributed by atoms with E-state index in [1.54, 1.807) is 33.5 Å². The Bertz CT molecular complexity index is 853. The third-order valence-corrected chi connectivity index (χ3v) is 7.87. The molecule has 0 spiro atoms. The van der Waals surface area contributed by atoms with E-state index < -0.39 is 10.0 Å². The maximum absolute atomic E-state index is 13.1. The number of hydrogen-bond donors (Lipinski definition) is 0. The van der Waals surface area contributed by atoms with Crippen LogP contribution < -0.4 is 4.90 Å². The van der Waals surface area contributed by atoms with E-state index >= 15 is 0 Å². The van der Waals surface area contributed by atoms with Crippen LogP contribution in [-0.2, 0) is 19.6 Å². The summed E-state index contributed by atoms with van der Waals surface area (Å²) in [7, 11) is -3.57. The van der Waals surface area contributed by atoms with Gasteiger partial charge in [0.25, 0.3) is 0 Å². The zero-order valence-corrected chi connectivity index (χ0v) is 16.9. The van der Waals surface area contributed by atoms with E-state index in [9.17, 15) is 18.0 Å². The standard InChI is InChI=1S/C20H27N3O4S/c24-19-5-2-11-21(19)14-16-4-1-12-22(15-16)28(26,27)18-9-7-17(8-10-18)23-13-3-6-20(23)25/h7-10,16H,1-6,11-15H2/t16-/m1/s1. The number of carbonyl (C=O) groups is 2. The second-order valence-corrected chi connectivity index (χ2v) is 9.90. The van der Waals surface area contributed by atoms with Crippen LogP contribution in [0.4, 0.5) is 5.69 Å². The molecular weight excluding hydrogens is 378 g/mol. The van der Waals surface area contributed by atoms with Crippen molar-refractivity contribution in [1.29, 1.82) is 0 Å². The lowest BCUT2D eigenvalue weighted by Crippen LogP contribution is -2.44. The molecule has 0 aliphatic carbocycles. The lowest BCUT2D eigenvalue weighted by Gasteiger charge is -2.34. The summed E-state index contributed by atoms with van der Waals surface area (Å²) in [5.74, 6) is 0.463. The topological polar surface area (TPSA) is 78.0 Å². The first kappa shape index (κ1) is 19.4. The minimum atomic E-state index is -3.57. The van der Waals surface area contributed by atoms with Gasteiger partial charge in [0.05, 0.1) is 4.90 Å². The highest BCUT2D eigenvalue weighted by Crippen LogP contribution is 2.28. The van der Waals surface area contributed by atoms with Gasteiger partial charge in [-0.1, -0.05) is 0 Å². The zero-order chi connectivity index (χ0) is 19.7. The molecule has 152 valence electrons. The van der Waals surface area contributed by atoms with Gasteiger partial charge in [0.1, 0.15) is 0 Å². The van der Waals surface area contributed by atoms with Crippen LogP contribution in [0, 0.1) is 5.92 Å². The Balaban J connectivity index is 1.45. The molecule has 2 amide bonds. The first-order chi connectivity index (χ1) is 13.4. The molecule has 4 rings (SSSR count). The van der Waals surface area contributed by atoms with Crippen molar-refractivity contribution in [3.8, 4) is 0 Å². The molecule has 0 unspecified atom stereocenters. The molecule has 0 aromatic heterocycles. The molecule has 1 aromatic rings. The second kappa shape index (κ2) is 7.83. The molecule has 8 heteroatoms. The number of anilines is 1. The summed E-state index contributed by atoms with van der Waals surface area (Å²) >= 11 is 0. The summed E-state index contributed by atoms with van der Waals surface area (Å²) in [6.07, 6.45) is 4.67. The van der Waals surface area contributed by atoms with Crippen molar-refractivity contribution in [2.24, 2.45) is 5.92 Å². The van der Waals surface area contributed by atoms with E-state index in [2.05, 4.69) is 0 Å². The zero-order valence-electron chi connectivity index (χ0n) is 16.0. The number of rotatable bonds is 5.